The molecule has 0 bridgehead atoms. The largest absolute Gasteiger partial charge is 0.462 e. The van der Waals surface area contributed by atoms with Crippen molar-refractivity contribution in [3.63, 3.8) is 0 Å². The van der Waals surface area contributed by atoms with E-state index in [1.54, 1.807) is 0 Å². The summed E-state index contributed by atoms with van der Waals surface area (Å²) in [7, 11) is 0. The van der Waals surface area contributed by atoms with Crippen LogP contribution < -0.4 is 0 Å². The molecule has 0 radical (unpaired) electrons. The van der Waals surface area contributed by atoms with Crippen molar-refractivity contribution in [3.05, 3.63) is 26.4 Å². The number of carbonyl (C=O) groups is 1. The minimum absolute atomic E-state index is 0.0277. The summed E-state index contributed by atoms with van der Waals surface area (Å²) in [5, 5.41) is 9.15. The number of rotatable bonds is 3. The molecule has 0 spiro atoms. The number of hydrogen-bond acceptors (Lipinski definition) is 4. The maximum atomic E-state index is 12.7. The van der Waals surface area contributed by atoms with E-state index >= 15 is 0 Å². The standard InChI is InChI=1S/C11H10BrClF3NO3/c1-3-20-10(19)5-4(2)17-9(13)7(12)6(5)8(18)11(14,15)16/h8,18H,3H2,1-2H3. The second kappa shape index (κ2) is 6.28. The number of aliphatic hydroxyl groups excluding tert-OH is 1. The van der Waals surface area contributed by atoms with Crippen molar-refractivity contribution in [3.8, 4) is 0 Å². The van der Waals surface area contributed by atoms with Crippen molar-refractivity contribution < 1.29 is 27.8 Å². The Kier molecular flexibility index (Phi) is 5.39. The van der Waals surface area contributed by atoms with Gasteiger partial charge in [-0.25, -0.2) is 9.78 Å². The molecule has 0 saturated carbocycles. The van der Waals surface area contributed by atoms with Gasteiger partial charge in [-0.1, -0.05) is 11.6 Å². The molecule has 1 rings (SSSR count). The van der Waals surface area contributed by atoms with Crippen LogP contribution in [0.5, 0.6) is 0 Å². The van der Waals surface area contributed by atoms with Crippen LogP contribution in [-0.4, -0.2) is 28.8 Å². The van der Waals surface area contributed by atoms with Gasteiger partial charge in [-0.15, -0.1) is 0 Å². The lowest BCUT2D eigenvalue weighted by Gasteiger charge is -2.20. The first-order valence-electron chi connectivity index (χ1n) is 5.38. The molecule has 1 atom stereocenters. The van der Waals surface area contributed by atoms with Gasteiger partial charge in [-0.05, 0) is 29.8 Å². The molecule has 1 heterocycles. The summed E-state index contributed by atoms with van der Waals surface area (Å²) in [4.78, 5) is 15.5. The van der Waals surface area contributed by atoms with E-state index in [2.05, 4.69) is 25.7 Å². The Morgan fingerprint density at radius 2 is 2.10 bits per heavy atom. The third kappa shape index (κ3) is 3.42. The number of alkyl halides is 3. The molecule has 0 fully saturated rings. The number of hydrogen-bond donors (Lipinski definition) is 1. The summed E-state index contributed by atoms with van der Waals surface area (Å²) in [6.07, 6.45) is -7.84. The Morgan fingerprint density at radius 3 is 2.55 bits per heavy atom. The predicted molar refractivity (Wildman–Crippen MR) is 68.7 cm³/mol. The Morgan fingerprint density at radius 1 is 1.55 bits per heavy atom. The van der Waals surface area contributed by atoms with E-state index in [1.165, 1.54) is 13.8 Å². The molecule has 0 aliphatic heterocycles. The lowest BCUT2D eigenvalue weighted by Crippen LogP contribution is -2.25. The van der Waals surface area contributed by atoms with Crippen molar-refractivity contribution in [2.45, 2.75) is 26.1 Å². The molecule has 1 aromatic heterocycles. The minimum Gasteiger partial charge on any atom is -0.462 e. The zero-order chi connectivity index (χ0) is 15.7. The van der Waals surface area contributed by atoms with Crippen molar-refractivity contribution >= 4 is 33.5 Å². The van der Waals surface area contributed by atoms with Gasteiger partial charge in [0.05, 0.1) is 22.3 Å². The third-order valence-corrected chi connectivity index (χ3v) is 3.68. The molecule has 1 unspecified atom stereocenters. The zero-order valence-corrected chi connectivity index (χ0v) is 12.7. The number of esters is 1. The van der Waals surface area contributed by atoms with Gasteiger partial charge < -0.3 is 9.84 Å². The second-order valence-electron chi connectivity index (χ2n) is 3.76. The lowest BCUT2D eigenvalue weighted by atomic mass is 10.0. The van der Waals surface area contributed by atoms with E-state index in [4.69, 9.17) is 11.6 Å². The van der Waals surface area contributed by atoms with E-state index in [0.717, 1.165) is 0 Å². The first-order chi connectivity index (χ1) is 9.11. The maximum Gasteiger partial charge on any atom is 0.418 e. The van der Waals surface area contributed by atoms with Gasteiger partial charge in [0.25, 0.3) is 0 Å². The van der Waals surface area contributed by atoms with Crippen LogP contribution in [0.3, 0.4) is 0 Å². The van der Waals surface area contributed by atoms with Crippen molar-refractivity contribution in [2.75, 3.05) is 6.61 Å². The van der Waals surface area contributed by atoms with Gasteiger partial charge in [0.15, 0.2) is 6.10 Å². The van der Waals surface area contributed by atoms with Gasteiger partial charge in [-0.2, -0.15) is 13.2 Å². The molecule has 20 heavy (non-hydrogen) atoms. The fourth-order valence-electron chi connectivity index (χ4n) is 1.55. The molecule has 1 aromatic rings. The Balaban J connectivity index is 3.57. The number of carbonyl (C=O) groups excluding carboxylic acids is 1. The summed E-state index contributed by atoms with van der Waals surface area (Å²) in [6.45, 7) is 2.78. The fourth-order valence-corrected chi connectivity index (χ4v) is 2.28. The SMILES string of the molecule is CCOC(=O)c1c(C)nc(Cl)c(Br)c1C(O)C(F)(F)F. The molecule has 0 aliphatic rings. The highest BCUT2D eigenvalue weighted by Gasteiger charge is 2.43. The summed E-state index contributed by atoms with van der Waals surface area (Å²) in [5.74, 6) is -1.01. The molecule has 0 saturated heterocycles. The summed E-state index contributed by atoms with van der Waals surface area (Å²) in [6, 6.07) is 0. The quantitative estimate of drug-likeness (QED) is 0.647. The fraction of sp³-hybridized carbons (Fsp3) is 0.455. The summed E-state index contributed by atoms with van der Waals surface area (Å²) < 4.78 is 42.6. The Labute approximate surface area is 126 Å². The van der Waals surface area contributed by atoms with Crippen LogP contribution in [0, 0.1) is 6.92 Å². The van der Waals surface area contributed by atoms with Crippen LogP contribution in [0.25, 0.3) is 0 Å². The molecule has 0 aromatic carbocycles. The molecule has 4 nitrogen and oxygen atoms in total. The van der Waals surface area contributed by atoms with Crippen LogP contribution in [0.1, 0.15) is 34.6 Å². The molecule has 1 N–H and O–H groups in total. The van der Waals surface area contributed by atoms with Crippen molar-refractivity contribution in [1.29, 1.82) is 0 Å². The minimum atomic E-state index is -4.96. The van der Waals surface area contributed by atoms with Crippen LogP contribution >= 0.6 is 27.5 Å². The Hall–Kier alpha value is -0.860. The van der Waals surface area contributed by atoms with E-state index < -0.39 is 29.4 Å². The van der Waals surface area contributed by atoms with E-state index in [-0.39, 0.29) is 21.9 Å². The number of aliphatic hydroxyl groups is 1. The van der Waals surface area contributed by atoms with Crippen LogP contribution in [-0.2, 0) is 4.74 Å². The normalized spacial score (nSPS) is 13.2. The molecular weight excluding hydrogens is 366 g/mol. The lowest BCUT2D eigenvalue weighted by molar-refractivity contribution is -0.207. The number of ether oxygens (including phenoxy) is 1. The van der Waals surface area contributed by atoms with Gasteiger partial charge in [0.1, 0.15) is 5.15 Å². The number of halogens is 5. The smallest absolute Gasteiger partial charge is 0.418 e. The van der Waals surface area contributed by atoms with Crippen LogP contribution in [0.2, 0.25) is 5.15 Å². The van der Waals surface area contributed by atoms with E-state index in [1.807, 2.05) is 0 Å². The van der Waals surface area contributed by atoms with Crippen molar-refractivity contribution in [1.82, 2.24) is 4.98 Å². The first kappa shape index (κ1) is 17.2. The second-order valence-corrected chi connectivity index (χ2v) is 4.91. The first-order valence-corrected chi connectivity index (χ1v) is 6.55. The molecule has 0 aliphatic carbocycles. The van der Waals surface area contributed by atoms with Crippen LogP contribution in [0.15, 0.2) is 4.47 Å². The van der Waals surface area contributed by atoms with Gasteiger partial charge in [-0.3, -0.25) is 0 Å². The highest BCUT2D eigenvalue weighted by Crippen LogP contribution is 2.41. The Bertz CT molecular complexity index is 537. The number of pyridine rings is 1. The number of nitrogens with zero attached hydrogens (tertiary/aromatic N) is 1. The number of aromatic nitrogens is 1. The molecule has 112 valence electrons. The predicted octanol–water partition coefficient (Wildman–Crippen LogP) is 3.58. The van der Waals surface area contributed by atoms with E-state index in [9.17, 15) is 23.1 Å². The average Bonchev–Trinajstić information content (AvgIpc) is 2.31. The average molecular weight is 377 g/mol. The molecule has 0 amide bonds. The number of aryl methyl sites for hydroxylation is 1. The van der Waals surface area contributed by atoms with Crippen LogP contribution in [0.4, 0.5) is 13.2 Å². The highest BCUT2D eigenvalue weighted by atomic mass is 79.9. The van der Waals surface area contributed by atoms with Crippen molar-refractivity contribution in [2.24, 2.45) is 0 Å². The summed E-state index contributed by atoms with van der Waals surface area (Å²) in [5.41, 5.74) is -1.21. The van der Waals surface area contributed by atoms with Gasteiger partial charge >= 0.3 is 12.1 Å². The summed E-state index contributed by atoms with van der Waals surface area (Å²) >= 11 is 8.49. The maximum absolute atomic E-state index is 12.7. The molecule has 9 heteroatoms. The van der Waals surface area contributed by atoms with E-state index in [0.29, 0.717) is 0 Å². The molecular formula is C11H10BrClF3NO3. The monoisotopic (exact) mass is 375 g/mol. The third-order valence-electron chi connectivity index (χ3n) is 2.38. The zero-order valence-electron chi connectivity index (χ0n) is 10.4. The van der Waals surface area contributed by atoms with Gasteiger partial charge in [0.2, 0.25) is 0 Å². The highest BCUT2D eigenvalue weighted by molar-refractivity contribution is 9.10. The van der Waals surface area contributed by atoms with Gasteiger partial charge in [0, 0.05) is 5.56 Å². The topological polar surface area (TPSA) is 59.4 Å².